The van der Waals surface area contributed by atoms with Gasteiger partial charge in [0.1, 0.15) is 6.61 Å². The normalized spacial score (nSPS) is 13.2. The molecular formula is C61H100O5. The van der Waals surface area contributed by atoms with Gasteiger partial charge in [-0.2, -0.15) is 0 Å². The van der Waals surface area contributed by atoms with Crippen molar-refractivity contribution in [2.24, 2.45) is 0 Å². The van der Waals surface area contributed by atoms with Gasteiger partial charge in [0.05, 0.1) is 13.0 Å². The first-order valence-electron chi connectivity index (χ1n) is 27.1. The lowest BCUT2D eigenvalue weighted by Gasteiger charge is -2.18. The molecule has 0 saturated heterocycles. The largest absolute Gasteiger partial charge is 0.461 e. The number of hydrogen-bond acceptors (Lipinski definition) is 5. The highest BCUT2D eigenvalue weighted by Gasteiger charge is 2.17. The second kappa shape index (κ2) is 55.6. The van der Waals surface area contributed by atoms with Gasteiger partial charge in [-0.1, -0.05) is 219 Å². The van der Waals surface area contributed by atoms with Crippen molar-refractivity contribution in [3.63, 3.8) is 0 Å². The van der Waals surface area contributed by atoms with E-state index in [2.05, 4.69) is 130 Å². The fourth-order valence-corrected chi connectivity index (χ4v) is 6.97. The number of carbonyl (C=O) groups excluding carboxylic acids is 2. The Hall–Kier alpha value is -3.70. The topological polar surface area (TPSA) is 61.8 Å². The summed E-state index contributed by atoms with van der Waals surface area (Å²) in [6, 6.07) is 0. The fourth-order valence-electron chi connectivity index (χ4n) is 6.97. The minimum atomic E-state index is -0.597. The molecule has 5 heteroatoms. The fraction of sp³-hybridized carbons (Fsp3) is 0.639. The maximum absolute atomic E-state index is 12.8. The van der Waals surface area contributed by atoms with Gasteiger partial charge < -0.3 is 14.2 Å². The van der Waals surface area contributed by atoms with E-state index in [0.717, 1.165) is 89.9 Å². The molecule has 5 nitrogen and oxygen atoms in total. The van der Waals surface area contributed by atoms with Crippen LogP contribution in [0.2, 0.25) is 0 Å². The van der Waals surface area contributed by atoms with Crippen LogP contribution < -0.4 is 0 Å². The molecule has 0 aliphatic heterocycles. The van der Waals surface area contributed by atoms with E-state index < -0.39 is 6.10 Å². The third-order valence-electron chi connectivity index (χ3n) is 11.0. The number of unbranched alkanes of at least 4 members (excludes halogenated alkanes) is 18. The first-order chi connectivity index (χ1) is 32.6. The van der Waals surface area contributed by atoms with Gasteiger partial charge >= 0.3 is 11.9 Å². The summed E-state index contributed by atoms with van der Waals surface area (Å²) in [5.41, 5.74) is 0. The van der Waals surface area contributed by atoms with Crippen LogP contribution in [0.4, 0.5) is 0 Å². The first kappa shape index (κ1) is 62.3. The molecule has 0 saturated carbocycles. The van der Waals surface area contributed by atoms with E-state index >= 15 is 0 Å². The van der Waals surface area contributed by atoms with E-state index in [1.165, 1.54) is 103 Å². The SMILES string of the molecule is CC/C=C\C/C=C\C/C=C\C/C=C\C/C=C\CC(=O)OCC(COCCCCCCCCC/C=C\C/C=C\C/C=C\CCCCC)OC(=O)CCCCCCC/C=C\C/C=C\CCCCC. The maximum atomic E-state index is 12.8. The molecule has 1 atom stereocenters. The van der Waals surface area contributed by atoms with E-state index in [1.54, 1.807) is 0 Å². The lowest BCUT2D eigenvalue weighted by atomic mass is 10.1. The molecular weight excluding hydrogens is 813 g/mol. The van der Waals surface area contributed by atoms with Crippen LogP contribution in [0.3, 0.4) is 0 Å². The summed E-state index contributed by atoms with van der Waals surface area (Å²) in [7, 11) is 0. The molecule has 0 aliphatic rings. The van der Waals surface area contributed by atoms with E-state index in [1.807, 2.05) is 12.2 Å². The Labute approximate surface area is 407 Å². The summed E-state index contributed by atoms with van der Waals surface area (Å²) in [5.74, 6) is -0.571. The third-order valence-corrected chi connectivity index (χ3v) is 11.0. The van der Waals surface area contributed by atoms with Crippen molar-refractivity contribution < 1.29 is 23.8 Å². The molecule has 66 heavy (non-hydrogen) atoms. The Morgan fingerprint density at radius 2 is 0.727 bits per heavy atom. The van der Waals surface area contributed by atoms with Crippen LogP contribution in [0.5, 0.6) is 0 Å². The predicted octanol–water partition coefficient (Wildman–Crippen LogP) is 18.6. The predicted molar refractivity (Wildman–Crippen MR) is 288 cm³/mol. The molecule has 0 aliphatic carbocycles. The van der Waals surface area contributed by atoms with E-state index in [4.69, 9.17) is 14.2 Å². The maximum Gasteiger partial charge on any atom is 0.309 e. The Balaban J connectivity index is 4.44. The number of rotatable bonds is 48. The summed E-state index contributed by atoms with van der Waals surface area (Å²) >= 11 is 0. The van der Waals surface area contributed by atoms with E-state index in [0.29, 0.717) is 13.0 Å². The number of ether oxygens (including phenoxy) is 3. The number of allylic oxidation sites excluding steroid dienone is 19. The van der Waals surface area contributed by atoms with Gasteiger partial charge in [0.25, 0.3) is 0 Å². The third kappa shape index (κ3) is 52.9. The average molecular weight is 913 g/mol. The molecule has 0 spiro atoms. The molecule has 0 radical (unpaired) electrons. The van der Waals surface area contributed by atoms with Crippen LogP contribution in [0.25, 0.3) is 0 Å². The minimum absolute atomic E-state index is 0.0141. The van der Waals surface area contributed by atoms with Crippen molar-refractivity contribution >= 4 is 11.9 Å². The molecule has 0 bridgehead atoms. The number of hydrogen-bond donors (Lipinski definition) is 0. The van der Waals surface area contributed by atoms with Crippen molar-refractivity contribution in [2.45, 2.75) is 232 Å². The molecule has 0 rings (SSSR count). The molecule has 1 unspecified atom stereocenters. The van der Waals surface area contributed by atoms with Gasteiger partial charge in [-0.25, -0.2) is 0 Å². The second-order valence-corrected chi connectivity index (χ2v) is 17.4. The van der Waals surface area contributed by atoms with Crippen molar-refractivity contribution in [2.75, 3.05) is 19.8 Å². The Kier molecular flexibility index (Phi) is 52.5. The van der Waals surface area contributed by atoms with Gasteiger partial charge in [0.15, 0.2) is 6.10 Å². The smallest absolute Gasteiger partial charge is 0.309 e. The molecule has 0 aromatic carbocycles. The Bertz CT molecular complexity index is 1350. The van der Waals surface area contributed by atoms with Gasteiger partial charge in [0, 0.05) is 13.0 Å². The van der Waals surface area contributed by atoms with Crippen molar-refractivity contribution in [1.82, 2.24) is 0 Å². The molecule has 374 valence electrons. The minimum Gasteiger partial charge on any atom is -0.461 e. The number of esters is 2. The van der Waals surface area contributed by atoms with Crippen LogP contribution in [-0.2, 0) is 23.8 Å². The summed E-state index contributed by atoms with van der Waals surface area (Å²) in [6.07, 6.45) is 78.0. The molecule has 0 aromatic rings. The van der Waals surface area contributed by atoms with Crippen LogP contribution >= 0.6 is 0 Å². The lowest BCUT2D eigenvalue weighted by Crippen LogP contribution is -2.30. The molecule has 0 heterocycles. The highest BCUT2D eigenvalue weighted by Crippen LogP contribution is 2.12. The zero-order valence-electron chi connectivity index (χ0n) is 42.9. The van der Waals surface area contributed by atoms with Gasteiger partial charge in [0.2, 0.25) is 0 Å². The highest BCUT2D eigenvalue weighted by molar-refractivity contribution is 5.71. The van der Waals surface area contributed by atoms with Gasteiger partial charge in [-0.05, 0) is 116 Å². The van der Waals surface area contributed by atoms with Gasteiger partial charge in [-0.15, -0.1) is 0 Å². The van der Waals surface area contributed by atoms with Crippen LogP contribution in [0.15, 0.2) is 122 Å². The van der Waals surface area contributed by atoms with Crippen molar-refractivity contribution in [1.29, 1.82) is 0 Å². The molecule has 0 amide bonds. The molecule has 0 fully saturated rings. The van der Waals surface area contributed by atoms with Crippen LogP contribution in [0.1, 0.15) is 226 Å². The second-order valence-electron chi connectivity index (χ2n) is 17.4. The van der Waals surface area contributed by atoms with E-state index in [9.17, 15) is 9.59 Å². The Morgan fingerprint density at radius 3 is 1.17 bits per heavy atom. The van der Waals surface area contributed by atoms with Crippen LogP contribution in [-0.4, -0.2) is 37.9 Å². The quantitative estimate of drug-likeness (QED) is 0.0346. The lowest BCUT2D eigenvalue weighted by molar-refractivity contribution is -0.162. The Morgan fingerprint density at radius 1 is 0.364 bits per heavy atom. The summed E-state index contributed by atoms with van der Waals surface area (Å²) in [5, 5.41) is 0. The zero-order chi connectivity index (χ0) is 47.7. The monoisotopic (exact) mass is 913 g/mol. The molecule has 0 aromatic heterocycles. The molecule has 0 N–H and O–H groups in total. The first-order valence-corrected chi connectivity index (χ1v) is 27.1. The van der Waals surface area contributed by atoms with Crippen molar-refractivity contribution in [3.05, 3.63) is 122 Å². The highest BCUT2D eigenvalue weighted by atomic mass is 16.6. The zero-order valence-corrected chi connectivity index (χ0v) is 42.9. The summed E-state index contributed by atoms with van der Waals surface area (Å²) in [4.78, 5) is 25.4. The average Bonchev–Trinajstić information content (AvgIpc) is 3.32. The van der Waals surface area contributed by atoms with Crippen LogP contribution in [0, 0.1) is 0 Å². The standard InChI is InChI=1S/C61H100O5/c1-4-7-10-13-16-19-22-25-28-29-30-31-32-35-38-41-44-47-50-53-56-64-57-59(66-61(63)55-52-49-46-43-40-37-34-27-24-21-18-15-12-9-6-3)58-65-60(62)54-51-48-45-42-39-36-33-26-23-20-17-14-11-8-5-2/h8,11,16-21,25-28,30-31,33-34,39,42,48,51,59H,4-7,9-10,12-15,22-24,29,32,35-38,40-41,43-47,49-50,52-58H2,1-3H3/b11-8-,19-16-,20-17-,21-18-,28-25-,31-30-,33-26-,34-27-,42-39-,51-48-. The van der Waals surface area contributed by atoms with Crippen molar-refractivity contribution in [3.8, 4) is 0 Å². The van der Waals surface area contributed by atoms with E-state index in [-0.39, 0.29) is 31.6 Å². The number of carbonyl (C=O) groups is 2. The summed E-state index contributed by atoms with van der Waals surface area (Å²) < 4.78 is 17.3. The van der Waals surface area contributed by atoms with Gasteiger partial charge in [-0.3, -0.25) is 9.59 Å². The summed E-state index contributed by atoms with van der Waals surface area (Å²) in [6.45, 7) is 7.51.